The second kappa shape index (κ2) is 9.43. The number of nitrogens with zero attached hydrogens (tertiary/aromatic N) is 5. The molecular weight excluding hydrogens is 272 g/mol. The molecule has 8 nitrogen and oxygen atoms in total. The first kappa shape index (κ1) is 17.5. The first-order chi connectivity index (χ1) is 10.1. The van der Waals surface area contributed by atoms with Crippen LogP contribution in [0.25, 0.3) is 0 Å². The number of carbonyl (C=O) groups excluding carboxylic acids is 1. The molecule has 1 amide bonds. The third-order valence-corrected chi connectivity index (χ3v) is 3.00. The van der Waals surface area contributed by atoms with Gasteiger partial charge < -0.3 is 20.3 Å². The van der Waals surface area contributed by atoms with E-state index in [9.17, 15) is 4.79 Å². The Bertz CT molecular complexity index is 421. The van der Waals surface area contributed by atoms with Crippen molar-refractivity contribution in [1.82, 2.24) is 24.8 Å². The van der Waals surface area contributed by atoms with Crippen molar-refractivity contribution in [3.05, 3.63) is 11.9 Å². The van der Waals surface area contributed by atoms with Crippen molar-refractivity contribution in [2.75, 3.05) is 54.0 Å². The molecular formula is C13H26N6O2. The van der Waals surface area contributed by atoms with E-state index in [-0.39, 0.29) is 5.91 Å². The third kappa shape index (κ3) is 6.19. The molecule has 1 rings (SSSR count). The predicted molar refractivity (Wildman–Crippen MR) is 80.0 cm³/mol. The number of amides is 1. The quantitative estimate of drug-likeness (QED) is 0.613. The van der Waals surface area contributed by atoms with E-state index in [2.05, 4.69) is 15.2 Å². The maximum absolute atomic E-state index is 12.5. The number of ether oxygens (including phenoxy) is 1. The van der Waals surface area contributed by atoms with Gasteiger partial charge in [0.1, 0.15) is 0 Å². The first-order valence-electron chi connectivity index (χ1n) is 7.11. The molecule has 0 radical (unpaired) electrons. The summed E-state index contributed by atoms with van der Waals surface area (Å²) >= 11 is 0. The number of aromatic nitrogens is 3. The van der Waals surface area contributed by atoms with Crippen LogP contribution in [0.4, 0.5) is 0 Å². The Morgan fingerprint density at radius 2 is 2.14 bits per heavy atom. The van der Waals surface area contributed by atoms with Gasteiger partial charge in [-0.1, -0.05) is 5.21 Å². The van der Waals surface area contributed by atoms with Crippen LogP contribution in [0.15, 0.2) is 6.20 Å². The summed E-state index contributed by atoms with van der Waals surface area (Å²) in [4.78, 5) is 16.3. The number of hydrogen-bond donors (Lipinski definition) is 1. The molecule has 0 saturated carbocycles. The maximum Gasteiger partial charge on any atom is 0.276 e. The molecule has 120 valence electrons. The Labute approximate surface area is 125 Å². The van der Waals surface area contributed by atoms with Gasteiger partial charge >= 0.3 is 0 Å². The van der Waals surface area contributed by atoms with E-state index in [4.69, 9.17) is 10.5 Å². The Kier molecular flexibility index (Phi) is 7.88. The summed E-state index contributed by atoms with van der Waals surface area (Å²) < 4.78 is 6.65. The Morgan fingerprint density at radius 3 is 2.76 bits per heavy atom. The average Bonchev–Trinajstić information content (AvgIpc) is 2.90. The number of nitrogens with two attached hydrogens (primary N) is 1. The monoisotopic (exact) mass is 298 g/mol. The maximum atomic E-state index is 12.5. The molecule has 0 aromatic carbocycles. The van der Waals surface area contributed by atoms with Crippen molar-refractivity contribution < 1.29 is 9.53 Å². The highest BCUT2D eigenvalue weighted by atomic mass is 16.5. The van der Waals surface area contributed by atoms with E-state index in [1.807, 2.05) is 14.1 Å². The van der Waals surface area contributed by atoms with E-state index in [0.717, 1.165) is 13.0 Å². The molecule has 0 aliphatic rings. The lowest BCUT2D eigenvalue weighted by molar-refractivity contribution is 0.0683. The number of hydrogen-bond acceptors (Lipinski definition) is 6. The largest absolute Gasteiger partial charge is 0.383 e. The summed E-state index contributed by atoms with van der Waals surface area (Å²) in [5.74, 6) is -0.117. The highest BCUT2D eigenvalue weighted by molar-refractivity contribution is 5.91. The fraction of sp³-hybridized carbons (Fsp3) is 0.769. The molecule has 0 atom stereocenters. The second-order valence-corrected chi connectivity index (χ2v) is 5.10. The molecule has 1 aromatic heterocycles. The van der Waals surface area contributed by atoms with Gasteiger partial charge in [-0.05, 0) is 27.1 Å². The second-order valence-electron chi connectivity index (χ2n) is 5.10. The summed E-state index contributed by atoms with van der Waals surface area (Å²) in [6.45, 7) is 3.67. The highest BCUT2D eigenvalue weighted by Crippen LogP contribution is 2.03. The molecule has 0 aliphatic carbocycles. The van der Waals surface area contributed by atoms with Crippen LogP contribution in [0.2, 0.25) is 0 Å². The Balaban J connectivity index is 2.63. The zero-order valence-electron chi connectivity index (χ0n) is 13.2. The van der Waals surface area contributed by atoms with Crippen LogP contribution in [0.3, 0.4) is 0 Å². The van der Waals surface area contributed by atoms with E-state index in [1.54, 1.807) is 22.9 Å². The van der Waals surface area contributed by atoms with E-state index in [0.29, 0.717) is 38.5 Å². The zero-order chi connectivity index (χ0) is 15.7. The van der Waals surface area contributed by atoms with Gasteiger partial charge in [0.2, 0.25) is 0 Å². The lowest BCUT2D eigenvalue weighted by Crippen LogP contribution is -2.36. The van der Waals surface area contributed by atoms with Crippen molar-refractivity contribution in [2.45, 2.75) is 13.0 Å². The zero-order valence-corrected chi connectivity index (χ0v) is 13.2. The summed E-state index contributed by atoms with van der Waals surface area (Å²) in [6, 6.07) is 0. The van der Waals surface area contributed by atoms with Crippen molar-refractivity contribution >= 4 is 5.91 Å². The van der Waals surface area contributed by atoms with Crippen LogP contribution >= 0.6 is 0 Å². The minimum atomic E-state index is -0.117. The van der Waals surface area contributed by atoms with Crippen molar-refractivity contribution in [3.8, 4) is 0 Å². The number of methoxy groups -OCH3 is 1. The molecule has 0 spiro atoms. The molecule has 21 heavy (non-hydrogen) atoms. The lowest BCUT2D eigenvalue weighted by atomic mass is 10.3. The molecule has 0 aliphatic heterocycles. The van der Waals surface area contributed by atoms with Gasteiger partial charge in [-0.15, -0.1) is 5.10 Å². The van der Waals surface area contributed by atoms with Crippen LogP contribution in [-0.4, -0.2) is 84.7 Å². The van der Waals surface area contributed by atoms with Gasteiger partial charge in [0, 0.05) is 26.7 Å². The van der Waals surface area contributed by atoms with Gasteiger partial charge in [-0.2, -0.15) is 0 Å². The molecule has 8 heteroatoms. The normalized spacial score (nSPS) is 11.1. The van der Waals surface area contributed by atoms with Crippen molar-refractivity contribution in [2.24, 2.45) is 5.73 Å². The summed E-state index contributed by atoms with van der Waals surface area (Å²) in [5, 5.41) is 7.82. The Morgan fingerprint density at radius 1 is 1.38 bits per heavy atom. The van der Waals surface area contributed by atoms with Crippen LogP contribution in [0.5, 0.6) is 0 Å². The van der Waals surface area contributed by atoms with E-state index >= 15 is 0 Å². The van der Waals surface area contributed by atoms with Crippen LogP contribution in [-0.2, 0) is 11.3 Å². The molecule has 0 bridgehead atoms. The molecule has 1 heterocycles. The average molecular weight is 298 g/mol. The highest BCUT2D eigenvalue weighted by Gasteiger charge is 2.18. The molecule has 0 fully saturated rings. The SMILES string of the molecule is COCCN(CCCN(C)C)C(=O)c1cn(CCN)nn1. The summed E-state index contributed by atoms with van der Waals surface area (Å²) in [6.07, 6.45) is 2.54. The molecule has 0 unspecified atom stereocenters. The van der Waals surface area contributed by atoms with Gasteiger partial charge in [-0.25, -0.2) is 0 Å². The van der Waals surface area contributed by atoms with Gasteiger partial charge in [0.05, 0.1) is 19.3 Å². The molecule has 2 N–H and O–H groups in total. The van der Waals surface area contributed by atoms with Gasteiger partial charge in [-0.3, -0.25) is 9.48 Å². The third-order valence-electron chi connectivity index (χ3n) is 3.00. The minimum Gasteiger partial charge on any atom is -0.383 e. The fourth-order valence-electron chi connectivity index (χ4n) is 1.89. The Hall–Kier alpha value is -1.51. The van der Waals surface area contributed by atoms with Crippen molar-refractivity contribution in [1.29, 1.82) is 0 Å². The van der Waals surface area contributed by atoms with Gasteiger partial charge in [0.15, 0.2) is 5.69 Å². The van der Waals surface area contributed by atoms with Crippen LogP contribution in [0, 0.1) is 0 Å². The lowest BCUT2D eigenvalue weighted by Gasteiger charge is -2.22. The summed E-state index contributed by atoms with van der Waals surface area (Å²) in [7, 11) is 5.65. The van der Waals surface area contributed by atoms with E-state index < -0.39 is 0 Å². The number of carbonyl (C=O) groups is 1. The van der Waals surface area contributed by atoms with Crippen molar-refractivity contribution in [3.63, 3.8) is 0 Å². The topological polar surface area (TPSA) is 89.5 Å². The fourth-order valence-corrected chi connectivity index (χ4v) is 1.89. The van der Waals surface area contributed by atoms with Crippen LogP contribution in [0.1, 0.15) is 16.9 Å². The first-order valence-corrected chi connectivity index (χ1v) is 7.11. The standard InChI is InChI=1S/C13H26N6O2/c1-17(2)6-4-7-18(9-10-21-3)13(20)12-11-19(8-5-14)16-15-12/h11H,4-10,14H2,1-3H3. The smallest absolute Gasteiger partial charge is 0.276 e. The molecule has 1 aromatic rings. The minimum absolute atomic E-state index is 0.117. The van der Waals surface area contributed by atoms with Gasteiger partial charge in [0.25, 0.3) is 5.91 Å². The number of rotatable bonds is 10. The van der Waals surface area contributed by atoms with E-state index in [1.165, 1.54) is 0 Å². The predicted octanol–water partition coefficient (Wildman–Crippen LogP) is -0.723. The van der Waals surface area contributed by atoms with Crippen LogP contribution < -0.4 is 5.73 Å². The summed E-state index contributed by atoms with van der Waals surface area (Å²) in [5.41, 5.74) is 5.81. The molecule has 0 saturated heterocycles.